The molecule has 4 rings (SSSR count). The Kier molecular flexibility index (Phi) is 4.34. The maximum absolute atomic E-state index is 12.7. The third-order valence-corrected chi connectivity index (χ3v) is 5.53. The Hall–Kier alpha value is -1.77. The van der Waals surface area contributed by atoms with Crippen LogP contribution in [0.25, 0.3) is 10.2 Å². The topological polar surface area (TPSA) is 70.6 Å². The first-order valence-corrected chi connectivity index (χ1v) is 9.19. The summed E-state index contributed by atoms with van der Waals surface area (Å²) in [7, 11) is 0. The van der Waals surface area contributed by atoms with Crippen molar-refractivity contribution in [1.29, 1.82) is 0 Å². The van der Waals surface area contributed by atoms with Gasteiger partial charge in [0.05, 0.1) is 18.1 Å². The monoisotopic (exact) mass is 347 g/mol. The van der Waals surface area contributed by atoms with Gasteiger partial charge < -0.3 is 19.9 Å². The quantitative estimate of drug-likeness (QED) is 0.863. The first-order chi connectivity index (χ1) is 11.7. The molecule has 2 atom stereocenters. The van der Waals surface area contributed by atoms with Crippen molar-refractivity contribution in [2.24, 2.45) is 0 Å². The van der Waals surface area contributed by atoms with Gasteiger partial charge in [0.25, 0.3) is 0 Å². The second-order valence-electron chi connectivity index (χ2n) is 6.16. The maximum atomic E-state index is 12.7. The minimum atomic E-state index is -0.229. The summed E-state index contributed by atoms with van der Waals surface area (Å²) >= 11 is 1.63. The molecular formula is C16H21N5O2S. The molecule has 4 heterocycles. The average Bonchev–Trinajstić information content (AvgIpc) is 3.10. The van der Waals surface area contributed by atoms with E-state index in [1.54, 1.807) is 17.7 Å². The molecule has 2 fully saturated rings. The molecule has 0 saturated carbocycles. The van der Waals surface area contributed by atoms with Gasteiger partial charge in [-0.2, -0.15) is 0 Å². The van der Waals surface area contributed by atoms with E-state index >= 15 is 0 Å². The highest BCUT2D eigenvalue weighted by molar-refractivity contribution is 7.16. The van der Waals surface area contributed by atoms with Gasteiger partial charge in [-0.25, -0.2) is 9.97 Å². The lowest BCUT2D eigenvalue weighted by Gasteiger charge is -2.39. The van der Waals surface area contributed by atoms with Crippen molar-refractivity contribution in [3.8, 4) is 0 Å². The number of morpholine rings is 1. The molecule has 7 nitrogen and oxygen atoms in total. The molecule has 0 aromatic carbocycles. The molecule has 0 spiro atoms. The standard InChI is InChI=1S/C16H21N5O2S/c1-11-13(17-3-8-23-11)16(22)21-6-4-20(5-7-21)14-12-2-9-24-15(12)19-10-18-14/h2,9-11,13,17H,3-8H2,1H3/t11-,13+/m1/s1. The van der Waals surface area contributed by atoms with Gasteiger partial charge in [-0.05, 0) is 18.4 Å². The molecule has 1 N–H and O–H groups in total. The molecule has 2 aliphatic heterocycles. The van der Waals surface area contributed by atoms with E-state index in [0.717, 1.165) is 35.7 Å². The molecule has 2 saturated heterocycles. The number of nitrogens with zero attached hydrogens (tertiary/aromatic N) is 4. The van der Waals surface area contributed by atoms with Crippen LogP contribution in [0.15, 0.2) is 17.8 Å². The molecule has 0 aliphatic carbocycles. The van der Waals surface area contributed by atoms with Gasteiger partial charge in [-0.3, -0.25) is 4.79 Å². The lowest BCUT2D eigenvalue weighted by Crippen LogP contribution is -2.59. The van der Waals surface area contributed by atoms with Gasteiger partial charge >= 0.3 is 0 Å². The summed E-state index contributed by atoms with van der Waals surface area (Å²) in [6, 6.07) is 1.84. The number of rotatable bonds is 2. The summed E-state index contributed by atoms with van der Waals surface area (Å²) in [5.41, 5.74) is 0. The first-order valence-electron chi connectivity index (χ1n) is 8.31. The molecular weight excluding hydrogens is 326 g/mol. The fourth-order valence-corrected chi connectivity index (χ4v) is 4.10. The van der Waals surface area contributed by atoms with E-state index in [4.69, 9.17) is 4.74 Å². The normalized spacial score (nSPS) is 25.2. The van der Waals surface area contributed by atoms with Gasteiger partial charge in [0.2, 0.25) is 5.91 Å². The Bertz CT molecular complexity index is 728. The lowest BCUT2D eigenvalue weighted by atomic mass is 10.1. The lowest BCUT2D eigenvalue weighted by molar-refractivity contribution is -0.139. The van der Waals surface area contributed by atoms with Crippen LogP contribution in [-0.2, 0) is 9.53 Å². The predicted molar refractivity (Wildman–Crippen MR) is 93.4 cm³/mol. The third-order valence-electron chi connectivity index (χ3n) is 4.71. The SMILES string of the molecule is C[C@H]1OCCN[C@@H]1C(=O)N1CCN(c2ncnc3sccc23)CC1. The fourth-order valence-electron chi connectivity index (χ4n) is 3.37. The van der Waals surface area contributed by atoms with E-state index in [-0.39, 0.29) is 18.1 Å². The van der Waals surface area contributed by atoms with Crippen LogP contribution in [0.3, 0.4) is 0 Å². The van der Waals surface area contributed by atoms with Crippen LogP contribution in [-0.4, -0.2) is 72.3 Å². The number of carbonyl (C=O) groups excluding carboxylic acids is 1. The number of hydrogen-bond acceptors (Lipinski definition) is 7. The fraction of sp³-hybridized carbons (Fsp3) is 0.562. The van der Waals surface area contributed by atoms with E-state index < -0.39 is 0 Å². The Labute approximate surface area is 144 Å². The zero-order valence-electron chi connectivity index (χ0n) is 13.6. The summed E-state index contributed by atoms with van der Waals surface area (Å²) in [5.74, 6) is 1.12. The highest BCUT2D eigenvalue weighted by atomic mass is 32.1. The zero-order chi connectivity index (χ0) is 16.5. The van der Waals surface area contributed by atoms with Crippen molar-refractivity contribution in [2.75, 3.05) is 44.2 Å². The Morgan fingerprint density at radius 2 is 2.17 bits per heavy atom. The van der Waals surface area contributed by atoms with Crippen molar-refractivity contribution in [3.63, 3.8) is 0 Å². The number of ether oxygens (including phenoxy) is 1. The van der Waals surface area contributed by atoms with Gasteiger partial charge in [0.1, 0.15) is 23.0 Å². The number of nitrogens with one attached hydrogen (secondary N) is 1. The highest BCUT2D eigenvalue weighted by Gasteiger charge is 2.33. The van der Waals surface area contributed by atoms with E-state index in [1.165, 1.54) is 0 Å². The second-order valence-corrected chi connectivity index (χ2v) is 7.05. The van der Waals surface area contributed by atoms with E-state index in [9.17, 15) is 4.79 Å². The Morgan fingerprint density at radius 3 is 2.96 bits per heavy atom. The minimum absolute atomic E-state index is 0.0726. The number of carbonyl (C=O) groups is 1. The highest BCUT2D eigenvalue weighted by Crippen LogP contribution is 2.27. The van der Waals surface area contributed by atoms with Crippen molar-refractivity contribution >= 4 is 33.3 Å². The largest absolute Gasteiger partial charge is 0.375 e. The predicted octanol–water partition coefficient (Wildman–Crippen LogP) is 0.717. The summed E-state index contributed by atoms with van der Waals surface area (Å²) in [5, 5.41) is 6.42. The van der Waals surface area contributed by atoms with Crippen LogP contribution in [0, 0.1) is 0 Å². The van der Waals surface area contributed by atoms with E-state index in [0.29, 0.717) is 19.7 Å². The number of fused-ring (bicyclic) bond motifs is 1. The molecule has 0 bridgehead atoms. The van der Waals surface area contributed by atoms with Crippen LogP contribution in [0.1, 0.15) is 6.92 Å². The molecule has 0 unspecified atom stereocenters. The number of amides is 1. The molecule has 2 aromatic rings. The van der Waals surface area contributed by atoms with Crippen molar-refractivity contribution in [3.05, 3.63) is 17.8 Å². The molecule has 1 amide bonds. The molecule has 2 aliphatic rings. The number of anilines is 1. The average molecular weight is 347 g/mol. The second kappa shape index (κ2) is 6.62. The number of thiophene rings is 1. The van der Waals surface area contributed by atoms with Crippen LogP contribution in [0.2, 0.25) is 0 Å². The molecule has 8 heteroatoms. The summed E-state index contributed by atoms with van der Waals surface area (Å²) in [6.45, 7) is 6.35. The van der Waals surface area contributed by atoms with E-state index in [1.807, 2.05) is 17.2 Å². The minimum Gasteiger partial charge on any atom is -0.375 e. The van der Waals surface area contributed by atoms with Crippen molar-refractivity contribution < 1.29 is 9.53 Å². The summed E-state index contributed by atoms with van der Waals surface area (Å²) in [6.07, 6.45) is 1.55. The zero-order valence-corrected chi connectivity index (χ0v) is 14.5. The number of aromatic nitrogens is 2. The van der Waals surface area contributed by atoms with Crippen LogP contribution >= 0.6 is 11.3 Å². The number of hydrogen-bond donors (Lipinski definition) is 1. The van der Waals surface area contributed by atoms with Gasteiger partial charge in [0, 0.05) is 32.7 Å². The smallest absolute Gasteiger partial charge is 0.242 e. The third kappa shape index (κ3) is 2.85. The Morgan fingerprint density at radius 1 is 1.33 bits per heavy atom. The van der Waals surface area contributed by atoms with Gasteiger partial charge in [-0.15, -0.1) is 11.3 Å². The molecule has 24 heavy (non-hydrogen) atoms. The Balaban J connectivity index is 1.43. The van der Waals surface area contributed by atoms with Crippen LogP contribution < -0.4 is 10.2 Å². The maximum Gasteiger partial charge on any atom is 0.242 e. The van der Waals surface area contributed by atoms with Crippen LogP contribution in [0.5, 0.6) is 0 Å². The first kappa shape index (κ1) is 15.7. The summed E-state index contributed by atoms with van der Waals surface area (Å²) < 4.78 is 5.60. The van der Waals surface area contributed by atoms with Crippen molar-refractivity contribution in [1.82, 2.24) is 20.2 Å². The van der Waals surface area contributed by atoms with Crippen LogP contribution in [0.4, 0.5) is 5.82 Å². The molecule has 2 aromatic heterocycles. The molecule has 0 radical (unpaired) electrons. The van der Waals surface area contributed by atoms with Gasteiger partial charge in [-0.1, -0.05) is 0 Å². The van der Waals surface area contributed by atoms with E-state index in [2.05, 4.69) is 26.3 Å². The summed E-state index contributed by atoms with van der Waals surface area (Å²) in [4.78, 5) is 26.7. The molecule has 128 valence electrons. The number of piperazine rings is 1. The van der Waals surface area contributed by atoms with Gasteiger partial charge in [0.15, 0.2) is 0 Å². The van der Waals surface area contributed by atoms with Crippen molar-refractivity contribution in [2.45, 2.75) is 19.1 Å².